The highest BCUT2D eigenvalue weighted by Crippen LogP contribution is 2.33. The zero-order valence-corrected chi connectivity index (χ0v) is 30.6. The second kappa shape index (κ2) is 20.9. The van der Waals surface area contributed by atoms with Crippen molar-refractivity contribution in [2.24, 2.45) is 0 Å². The van der Waals surface area contributed by atoms with Crippen LogP contribution in [-0.4, -0.2) is 101 Å². The maximum absolute atomic E-state index is 12.7. The Balaban J connectivity index is 1.51. The number of carbonyl (C=O) groups excluding carboxylic acids is 5. The van der Waals surface area contributed by atoms with Crippen LogP contribution in [0.1, 0.15) is 91.4 Å². The van der Waals surface area contributed by atoms with Gasteiger partial charge in [-0.05, 0) is 65.7 Å². The van der Waals surface area contributed by atoms with Crippen molar-refractivity contribution in [2.75, 3.05) is 38.2 Å². The molecule has 5 unspecified atom stereocenters. The van der Waals surface area contributed by atoms with E-state index in [1.54, 1.807) is 20.8 Å². The van der Waals surface area contributed by atoms with Gasteiger partial charge < -0.3 is 36.6 Å². The van der Waals surface area contributed by atoms with E-state index in [4.69, 9.17) is 20.1 Å². The average molecular weight is 723 g/mol. The van der Waals surface area contributed by atoms with Gasteiger partial charge >= 0.3 is 12.1 Å². The summed E-state index contributed by atoms with van der Waals surface area (Å²) in [5, 5.41) is 17.4. The van der Waals surface area contributed by atoms with E-state index in [2.05, 4.69) is 31.9 Å². The Bertz CT molecular complexity index is 1150. The van der Waals surface area contributed by atoms with Gasteiger partial charge in [-0.2, -0.15) is 11.8 Å². The van der Waals surface area contributed by atoms with Crippen LogP contribution in [0.4, 0.5) is 9.59 Å². The van der Waals surface area contributed by atoms with Crippen molar-refractivity contribution in [3.05, 3.63) is 0 Å². The molecular weight excluding hydrogens is 669 g/mol. The van der Waals surface area contributed by atoms with Crippen molar-refractivity contribution in [3.8, 4) is 0 Å². The van der Waals surface area contributed by atoms with E-state index in [1.165, 1.54) is 7.11 Å². The fourth-order valence-electron chi connectivity index (χ4n) is 5.19. The smallest absolute Gasteiger partial charge is 0.408 e. The largest absolute Gasteiger partial charge is 0.444 e. The van der Waals surface area contributed by atoms with Gasteiger partial charge in [0.05, 0.1) is 24.9 Å². The van der Waals surface area contributed by atoms with E-state index in [1.807, 2.05) is 11.8 Å². The van der Waals surface area contributed by atoms with Crippen molar-refractivity contribution in [1.82, 2.24) is 31.9 Å². The van der Waals surface area contributed by atoms with Crippen LogP contribution in [0.15, 0.2) is 0 Å². The number of ether oxygens (including phenoxy) is 1. The van der Waals surface area contributed by atoms with Crippen LogP contribution in [0, 0.1) is 0 Å². The number of thioether (sulfide) groups is 1. The van der Waals surface area contributed by atoms with E-state index in [0.29, 0.717) is 50.4 Å². The van der Waals surface area contributed by atoms with E-state index in [-0.39, 0.29) is 42.2 Å². The zero-order chi connectivity index (χ0) is 34.9. The highest BCUT2D eigenvalue weighted by Gasteiger charge is 2.42. The Kier molecular flexibility index (Phi) is 18.1. The zero-order valence-electron chi connectivity index (χ0n) is 28.1. The molecular formula is C30H54N6O8S3. The lowest BCUT2D eigenvalue weighted by Crippen LogP contribution is -2.49. The number of rotatable bonds is 22. The first-order chi connectivity index (χ1) is 22.2. The van der Waals surface area contributed by atoms with Crippen LogP contribution in [0.25, 0.3) is 0 Å². The van der Waals surface area contributed by atoms with Crippen molar-refractivity contribution < 1.29 is 37.1 Å². The maximum Gasteiger partial charge on any atom is 0.408 e. The molecule has 0 aromatic carbocycles. The summed E-state index contributed by atoms with van der Waals surface area (Å²) < 4.78 is 21.9. The molecule has 14 nitrogen and oxygen atoms in total. The first kappa shape index (κ1) is 40.8. The minimum absolute atomic E-state index is 0.0340. The summed E-state index contributed by atoms with van der Waals surface area (Å²) in [4.78, 5) is 60.8. The summed E-state index contributed by atoms with van der Waals surface area (Å²) in [5.74, 6) is 0.446. The Morgan fingerprint density at radius 1 is 0.936 bits per heavy atom. The Morgan fingerprint density at radius 3 is 2.21 bits per heavy atom. The van der Waals surface area contributed by atoms with Crippen LogP contribution in [0.2, 0.25) is 0 Å². The number of hydrogen-bond donors (Lipinski definition) is 6. The fourth-order valence-corrected chi connectivity index (χ4v) is 7.50. The number of urea groups is 1. The van der Waals surface area contributed by atoms with Gasteiger partial charge in [0.15, 0.2) is 0 Å². The first-order valence-electron chi connectivity index (χ1n) is 16.5. The standard InChI is InChI=1S/C30H54N6O8S3/c1-30(2,3)44-29(41)35-21(27(39)33-18-19-47(42,45)43-4)12-9-11-17-32-24(37)14-6-5-10-16-31-25(38)15-8-7-13-23-26-22(20-46-23)34-28(40)36-26/h21-23,26H,5-20H2,1-4H3,(H,31,38)(H,32,37)(H,33,39)(H,35,41)(H2,34,36,40). The molecule has 47 heavy (non-hydrogen) atoms. The highest BCUT2D eigenvalue weighted by atomic mass is 32.8. The number of fused-ring (bicyclic) bond motifs is 1. The second-order valence-electron chi connectivity index (χ2n) is 12.8. The molecule has 2 rings (SSSR count). The van der Waals surface area contributed by atoms with Gasteiger partial charge in [-0.15, -0.1) is 0 Å². The van der Waals surface area contributed by atoms with Gasteiger partial charge in [0, 0.05) is 54.7 Å². The van der Waals surface area contributed by atoms with Crippen LogP contribution in [0.3, 0.4) is 0 Å². The molecule has 2 heterocycles. The molecule has 2 saturated heterocycles. The monoisotopic (exact) mass is 722 g/mol. The molecule has 2 aliphatic rings. The van der Waals surface area contributed by atoms with Gasteiger partial charge in [-0.25, -0.2) is 13.8 Å². The van der Waals surface area contributed by atoms with Crippen LogP contribution in [0.5, 0.6) is 0 Å². The van der Waals surface area contributed by atoms with Crippen LogP contribution < -0.4 is 31.9 Å². The summed E-state index contributed by atoms with van der Waals surface area (Å²) in [7, 11) is -1.66. The topological polar surface area (TPSA) is 193 Å². The van der Waals surface area contributed by atoms with Crippen molar-refractivity contribution in [2.45, 2.75) is 120 Å². The summed E-state index contributed by atoms with van der Waals surface area (Å²) in [5.41, 5.74) is -0.731. The van der Waals surface area contributed by atoms with Crippen molar-refractivity contribution in [1.29, 1.82) is 0 Å². The molecule has 0 aromatic heterocycles. The van der Waals surface area contributed by atoms with Crippen LogP contribution >= 0.6 is 11.8 Å². The first-order valence-corrected chi connectivity index (χ1v) is 20.1. The normalized spacial score (nSPS) is 20.6. The number of nitrogens with one attached hydrogen (secondary N) is 6. The van der Waals surface area contributed by atoms with Gasteiger partial charge in [-0.1, -0.05) is 12.8 Å². The summed E-state index contributed by atoms with van der Waals surface area (Å²) in [6, 6.07) is -0.525. The quantitative estimate of drug-likeness (QED) is 0.0712. The summed E-state index contributed by atoms with van der Waals surface area (Å²) >= 11 is 6.70. The Hall–Kier alpha value is -2.37. The number of unbranched alkanes of at least 4 members (excludes halogenated alkanes) is 4. The third-order valence-corrected chi connectivity index (χ3v) is 11.3. The molecule has 0 aromatic rings. The predicted molar refractivity (Wildman–Crippen MR) is 186 cm³/mol. The van der Waals surface area contributed by atoms with Gasteiger partial charge in [0.1, 0.15) is 20.4 Å². The fraction of sp³-hybridized carbons (Fsp3) is 0.833. The molecule has 5 atom stereocenters. The summed E-state index contributed by atoms with van der Waals surface area (Å²) in [6.07, 6.45) is 6.76. The molecule has 0 saturated carbocycles. The lowest BCUT2D eigenvalue weighted by atomic mass is 10.0. The Labute approximate surface area is 288 Å². The van der Waals surface area contributed by atoms with Gasteiger partial charge in [0.25, 0.3) is 0 Å². The minimum Gasteiger partial charge on any atom is -0.444 e. The van der Waals surface area contributed by atoms with Crippen molar-refractivity contribution >= 4 is 61.6 Å². The number of carbonyl (C=O) groups is 5. The molecule has 0 radical (unpaired) electrons. The molecule has 0 bridgehead atoms. The SMILES string of the molecule is COS(=O)(=S)CCNC(=O)C(CCCCNC(=O)CCCCCNC(=O)CCCCC1SCC2NC(=O)NC21)NC(=O)OC(C)(C)C. The highest BCUT2D eigenvalue weighted by molar-refractivity contribution is 8.30. The van der Waals surface area contributed by atoms with E-state index in [0.717, 1.165) is 44.3 Å². The molecule has 2 fully saturated rings. The molecule has 2 aliphatic heterocycles. The molecule has 0 spiro atoms. The predicted octanol–water partition coefficient (Wildman–Crippen LogP) is 1.99. The summed E-state index contributed by atoms with van der Waals surface area (Å²) in [6.45, 7) is 6.23. The molecule has 270 valence electrons. The average Bonchev–Trinajstić information content (AvgIpc) is 3.54. The lowest BCUT2D eigenvalue weighted by molar-refractivity contribution is -0.123. The van der Waals surface area contributed by atoms with Gasteiger partial charge in [0.2, 0.25) is 17.7 Å². The van der Waals surface area contributed by atoms with Crippen LogP contribution in [-0.2, 0) is 43.3 Å². The minimum atomic E-state index is -2.91. The second-order valence-corrected chi connectivity index (χ2v) is 17.4. The number of alkyl carbamates (subject to hydrolysis) is 1. The Morgan fingerprint density at radius 2 is 1.57 bits per heavy atom. The van der Waals surface area contributed by atoms with Gasteiger partial charge in [-0.3, -0.25) is 18.6 Å². The molecule has 6 amide bonds. The van der Waals surface area contributed by atoms with E-state index in [9.17, 15) is 28.2 Å². The van der Waals surface area contributed by atoms with Crippen molar-refractivity contribution in [3.63, 3.8) is 0 Å². The molecule has 0 aliphatic carbocycles. The molecule has 6 N–H and O–H groups in total. The van der Waals surface area contributed by atoms with E-state index >= 15 is 0 Å². The third kappa shape index (κ3) is 17.6. The maximum atomic E-state index is 12.7. The number of hydrogen-bond acceptors (Lipinski definition) is 10. The third-order valence-electron chi connectivity index (χ3n) is 7.64. The van der Waals surface area contributed by atoms with E-state index < -0.39 is 32.4 Å². The molecule has 17 heteroatoms. The lowest BCUT2D eigenvalue weighted by Gasteiger charge is -2.23. The number of amides is 6.